The Labute approximate surface area is 200 Å². The zero-order valence-electron chi connectivity index (χ0n) is 19.1. The number of hydrogen-bond donors (Lipinski definition) is 1. The van der Waals surface area contributed by atoms with Crippen LogP contribution in [0.2, 0.25) is 0 Å². The SMILES string of the molecule is C.Cc1cc2oc(=O)cc(-c3cccc(N)c3)c2c(C)c1-c1ccc(CN2CCOCC2)cc1. The number of benzene rings is 3. The highest BCUT2D eigenvalue weighted by Gasteiger charge is 2.17. The minimum Gasteiger partial charge on any atom is -0.423 e. The molecule has 5 rings (SSSR count). The number of hydrogen-bond acceptors (Lipinski definition) is 5. The molecule has 0 spiro atoms. The minimum absolute atomic E-state index is 0. The number of anilines is 1. The molecule has 5 nitrogen and oxygen atoms in total. The van der Waals surface area contributed by atoms with Crippen LogP contribution in [-0.2, 0) is 11.3 Å². The fourth-order valence-corrected chi connectivity index (χ4v) is 4.86. The molecule has 2 heterocycles. The van der Waals surface area contributed by atoms with E-state index in [-0.39, 0.29) is 13.1 Å². The first-order valence-electron chi connectivity index (χ1n) is 11.3. The molecule has 1 saturated heterocycles. The van der Waals surface area contributed by atoms with Crippen LogP contribution >= 0.6 is 0 Å². The lowest BCUT2D eigenvalue weighted by atomic mass is 9.89. The largest absolute Gasteiger partial charge is 0.423 e. The molecular formula is C29H32N2O3. The molecule has 1 aliphatic heterocycles. The number of aryl methyl sites for hydroxylation is 2. The molecule has 0 bridgehead atoms. The molecule has 3 aromatic carbocycles. The van der Waals surface area contributed by atoms with Gasteiger partial charge in [-0.1, -0.05) is 43.8 Å². The van der Waals surface area contributed by atoms with Crippen molar-refractivity contribution in [2.24, 2.45) is 0 Å². The van der Waals surface area contributed by atoms with E-state index in [2.05, 4.69) is 43.0 Å². The van der Waals surface area contributed by atoms with Crippen LogP contribution in [0.25, 0.3) is 33.2 Å². The van der Waals surface area contributed by atoms with E-state index in [0.29, 0.717) is 11.3 Å². The molecule has 176 valence electrons. The zero-order chi connectivity index (χ0) is 22.9. The number of nitrogen functional groups attached to an aromatic ring is 1. The van der Waals surface area contributed by atoms with Gasteiger partial charge < -0.3 is 14.9 Å². The van der Waals surface area contributed by atoms with E-state index in [4.69, 9.17) is 14.9 Å². The summed E-state index contributed by atoms with van der Waals surface area (Å²) in [5, 5.41) is 0.943. The highest BCUT2D eigenvalue weighted by atomic mass is 16.5. The Kier molecular flexibility index (Phi) is 6.87. The lowest BCUT2D eigenvalue weighted by molar-refractivity contribution is 0.0342. The second-order valence-corrected chi connectivity index (χ2v) is 8.76. The van der Waals surface area contributed by atoms with Crippen LogP contribution in [-0.4, -0.2) is 31.2 Å². The van der Waals surface area contributed by atoms with Crippen LogP contribution < -0.4 is 11.4 Å². The van der Waals surface area contributed by atoms with Gasteiger partial charge in [-0.05, 0) is 65.4 Å². The molecule has 0 atom stereocenters. The van der Waals surface area contributed by atoms with Crippen LogP contribution in [0.15, 0.2) is 69.9 Å². The third-order valence-electron chi connectivity index (χ3n) is 6.43. The Balaban J connectivity index is 0.00000274. The molecule has 1 aliphatic rings. The maximum atomic E-state index is 12.3. The van der Waals surface area contributed by atoms with Crippen molar-refractivity contribution in [2.75, 3.05) is 32.0 Å². The van der Waals surface area contributed by atoms with Gasteiger partial charge in [-0.15, -0.1) is 0 Å². The first-order chi connectivity index (χ1) is 16.0. The fraction of sp³-hybridized carbons (Fsp3) is 0.276. The van der Waals surface area contributed by atoms with E-state index in [0.717, 1.165) is 66.1 Å². The summed E-state index contributed by atoms with van der Waals surface area (Å²) >= 11 is 0. The van der Waals surface area contributed by atoms with Crippen molar-refractivity contribution in [3.05, 3.63) is 87.8 Å². The highest BCUT2D eigenvalue weighted by Crippen LogP contribution is 2.38. The maximum Gasteiger partial charge on any atom is 0.336 e. The van der Waals surface area contributed by atoms with Crippen molar-refractivity contribution in [2.45, 2.75) is 27.8 Å². The van der Waals surface area contributed by atoms with Crippen LogP contribution in [0.4, 0.5) is 5.69 Å². The van der Waals surface area contributed by atoms with Crippen LogP contribution in [0.1, 0.15) is 24.1 Å². The number of fused-ring (bicyclic) bond motifs is 1. The molecule has 1 fully saturated rings. The molecule has 2 N–H and O–H groups in total. The number of nitrogens with two attached hydrogens (primary N) is 1. The Morgan fingerprint density at radius 2 is 1.68 bits per heavy atom. The van der Waals surface area contributed by atoms with E-state index in [9.17, 15) is 4.79 Å². The smallest absolute Gasteiger partial charge is 0.336 e. The van der Waals surface area contributed by atoms with Crippen LogP contribution in [0.5, 0.6) is 0 Å². The number of nitrogens with zero attached hydrogens (tertiary/aromatic N) is 1. The second-order valence-electron chi connectivity index (χ2n) is 8.76. The molecule has 0 unspecified atom stereocenters. The normalized spacial score (nSPS) is 14.2. The summed E-state index contributed by atoms with van der Waals surface area (Å²) in [6, 6.07) is 19.9. The van der Waals surface area contributed by atoms with Gasteiger partial charge in [0.05, 0.1) is 13.2 Å². The van der Waals surface area contributed by atoms with Crippen molar-refractivity contribution in [3.63, 3.8) is 0 Å². The maximum absolute atomic E-state index is 12.3. The highest BCUT2D eigenvalue weighted by molar-refractivity contribution is 6.00. The van der Waals surface area contributed by atoms with E-state index in [1.165, 1.54) is 11.1 Å². The van der Waals surface area contributed by atoms with Gasteiger partial charge in [-0.3, -0.25) is 4.90 Å². The first kappa shape index (κ1) is 23.7. The number of morpholine rings is 1. The first-order valence-corrected chi connectivity index (χ1v) is 11.3. The Morgan fingerprint density at radius 1 is 0.941 bits per heavy atom. The van der Waals surface area contributed by atoms with Gasteiger partial charge in [0, 0.05) is 42.3 Å². The Morgan fingerprint density at radius 3 is 2.38 bits per heavy atom. The fourth-order valence-electron chi connectivity index (χ4n) is 4.86. The Hall–Kier alpha value is -3.41. The predicted octanol–water partition coefficient (Wildman–Crippen LogP) is 5.79. The van der Waals surface area contributed by atoms with Crippen molar-refractivity contribution >= 4 is 16.7 Å². The third kappa shape index (κ3) is 4.63. The van der Waals surface area contributed by atoms with Crippen molar-refractivity contribution < 1.29 is 9.15 Å². The van der Waals surface area contributed by atoms with Crippen molar-refractivity contribution in [1.29, 1.82) is 0 Å². The van der Waals surface area contributed by atoms with Crippen molar-refractivity contribution in [1.82, 2.24) is 4.90 Å². The summed E-state index contributed by atoms with van der Waals surface area (Å²) in [7, 11) is 0. The molecule has 5 heteroatoms. The van der Waals surface area contributed by atoms with Crippen LogP contribution in [0, 0.1) is 13.8 Å². The summed E-state index contributed by atoms with van der Waals surface area (Å²) in [4.78, 5) is 14.8. The lowest BCUT2D eigenvalue weighted by Gasteiger charge is -2.26. The molecule has 0 saturated carbocycles. The van der Waals surface area contributed by atoms with E-state index in [1.807, 2.05) is 30.3 Å². The summed E-state index contributed by atoms with van der Waals surface area (Å²) in [5.74, 6) is 0. The Bertz CT molecular complexity index is 1370. The zero-order valence-corrected chi connectivity index (χ0v) is 19.1. The number of rotatable bonds is 4. The third-order valence-corrected chi connectivity index (χ3v) is 6.43. The van der Waals surface area contributed by atoms with Gasteiger partial charge in [0.1, 0.15) is 5.58 Å². The second kappa shape index (κ2) is 9.84. The summed E-state index contributed by atoms with van der Waals surface area (Å²) in [6.45, 7) is 8.66. The van der Waals surface area contributed by atoms with Gasteiger partial charge in [0.2, 0.25) is 0 Å². The molecular weight excluding hydrogens is 424 g/mol. The number of ether oxygens (including phenoxy) is 1. The molecule has 34 heavy (non-hydrogen) atoms. The summed E-state index contributed by atoms with van der Waals surface area (Å²) < 4.78 is 11.1. The molecule has 0 amide bonds. The van der Waals surface area contributed by atoms with E-state index in [1.54, 1.807) is 6.07 Å². The van der Waals surface area contributed by atoms with E-state index >= 15 is 0 Å². The predicted molar refractivity (Wildman–Crippen MR) is 140 cm³/mol. The molecule has 1 aromatic heterocycles. The quantitative estimate of drug-likeness (QED) is 0.311. The minimum atomic E-state index is -0.362. The van der Waals surface area contributed by atoms with Gasteiger partial charge >= 0.3 is 5.63 Å². The average molecular weight is 457 g/mol. The van der Waals surface area contributed by atoms with Crippen molar-refractivity contribution in [3.8, 4) is 22.3 Å². The van der Waals surface area contributed by atoms with Gasteiger partial charge in [-0.2, -0.15) is 0 Å². The standard InChI is InChI=1S/C28H28N2O3.CH4/c1-18-14-25-28(24(16-26(31)33-25)22-4-3-5-23(29)15-22)19(2)27(18)21-8-6-20(7-9-21)17-30-10-12-32-13-11-30;/h3-9,14-16H,10-13,17,29H2,1-2H3;1H4. The lowest BCUT2D eigenvalue weighted by Crippen LogP contribution is -2.35. The summed E-state index contributed by atoms with van der Waals surface area (Å²) in [6.07, 6.45) is 0. The monoisotopic (exact) mass is 456 g/mol. The molecule has 0 radical (unpaired) electrons. The topological polar surface area (TPSA) is 68.7 Å². The van der Waals surface area contributed by atoms with Crippen LogP contribution in [0.3, 0.4) is 0 Å². The van der Waals surface area contributed by atoms with E-state index < -0.39 is 0 Å². The van der Waals surface area contributed by atoms with Gasteiger partial charge in [0.25, 0.3) is 0 Å². The van der Waals surface area contributed by atoms with Gasteiger partial charge in [0.15, 0.2) is 0 Å². The molecule has 4 aromatic rings. The molecule has 0 aliphatic carbocycles. The summed E-state index contributed by atoms with van der Waals surface area (Å²) in [5.41, 5.74) is 14.5. The van der Waals surface area contributed by atoms with Gasteiger partial charge in [-0.25, -0.2) is 4.79 Å². The average Bonchev–Trinajstić information content (AvgIpc) is 2.80.